The number of imidazole rings is 1. The molecule has 0 spiro atoms. The van der Waals surface area contributed by atoms with Crippen LogP contribution in [0.15, 0.2) is 17.4 Å². The maximum absolute atomic E-state index is 8.81. The molecule has 0 unspecified atom stereocenters. The summed E-state index contributed by atoms with van der Waals surface area (Å²) in [6, 6.07) is 0. The Morgan fingerprint density at radius 2 is 2.25 bits per heavy atom. The van der Waals surface area contributed by atoms with E-state index in [-0.39, 0.29) is 0 Å². The van der Waals surface area contributed by atoms with Gasteiger partial charge in [-0.05, 0) is 6.92 Å². The Kier molecular flexibility index (Phi) is 4.22. The van der Waals surface area contributed by atoms with E-state index in [9.17, 15) is 0 Å². The van der Waals surface area contributed by atoms with Gasteiger partial charge in [-0.25, -0.2) is 9.98 Å². The molecule has 1 aliphatic rings. The average molecular weight is 278 g/mol. The number of nitriles is 1. The van der Waals surface area contributed by atoms with Crippen LogP contribution >= 0.6 is 0 Å². The Hall–Kier alpha value is -2.11. The molecule has 1 N–H and O–H groups in total. The fraction of sp³-hybridized carbons (Fsp3) is 0.583. The van der Waals surface area contributed by atoms with Crippen molar-refractivity contribution in [1.29, 1.82) is 5.26 Å². The van der Waals surface area contributed by atoms with Gasteiger partial charge >= 0.3 is 0 Å². The van der Waals surface area contributed by atoms with Gasteiger partial charge in [0.15, 0.2) is 6.19 Å². The van der Waals surface area contributed by atoms with Gasteiger partial charge in [-0.3, -0.25) is 5.32 Å². The molecule has 0 amide bonds. The molecular weight excluding hydrogens is 260 g/mol. The van der Waals surface area contributed by atoms with Crippen LogP contribution in [0.4, 0.5) is 0 Å². The number of rotatable bonds is 4. The van der Waals surface area contributed by atoms with E-state index < -0.39 is 5.79 Å². The van der Waals surface area contributed by atoms with E-state index in [1.165, 1.54) is 0 Å². The molecular formula is C12H18N6O2. The molecule has 1 aromatic rings. The zero-order chi connectivity index (χ0) is 14.6. The number of hydrogen-bond acceptors (Lipinski definition) is 7. The lowest BCUT2D eigenvalue weighted by atomic mass is 10.2. The lowest BCUT2D eigenvalue weighted by Gasteiger charge is -2.39. The zero-order valence-corrected chi connectivity index (χ0v) is 11.8. The first kappa shape index (κ1) is 14.3. The topological polar surface area (TPSA) is 87.7 Å². The first-order valence-electron chi connectivity index (χ1n) is 6.16. The molecule has 1 aromatic heterocycles. The van der Waals surface area contributed by atoms with E-state index in [1.807, 2.05) is 28.8 Å². The van der Waals surface area contributed by atoms with Crippen LogP contribution in [0.1, 0.15) is 5.82 Å². The summed E-state index contributed by atoms with van der Waals surface area (Å²) in [5.74, 6) is 0.590. The largest absolute Gasteiger partial charge is 0.350 e. The summed E-state index contributed by atoms with van der Waals surface area (Å²) >= 11 is 0. The van der Waals surface area contributed by atoms with Crippen molar-refractivity contribution < 1.29 is 9.47 Å². The highest BCUT2D eigenvalue weighted by molar-refractivity contribution is 5.81. The number of guanidine groups is 1. The maximum Gasteiger partial charge on any atom is 0.209 e. The van der Waals surface area contributed by atoms with Gasteiger partial charge in [0, 0.05) is 26.6 Å². The first-order chi connectivity index (χ1) is 9.64. The Labute approximate surface area is 117 Å². The van der Waals surface area contributed by atoms with Crippen molar-refractivity contribution in [2.45, 2.75) is 19.4 Å². The van der Waals surface area contributed by atoms with Gasteiger partial charge in [-0.2, -0.15) is 5.26 Å². The SMILES string of the molecule is COC1(OC)CN=C(NC#N)N(Cn2ccnc2C)C1. The molecule has 0 radical (unpaired) electrons. The van der Waals surface area contributed by atoms with Crippen LogP contribution in [0.25, 0.3) is 0 Å². The molecule has 1 aliphatic heterocycles. The Bertz CT molecular complexity index is 528. The minimum atomic E-state index is -0.797. The monoisotopic (exact) mass is 278 g/mol. The van der Waals surface area contributed by atoms with Crippen molar-refractivity contribution in [2.24, 2.45) is 4.99 Å². The van der Waals surface area contributed by atoms with Gasteiger partial charge in [0.1, 0.15) is 5.82 Å². The van der Waals surface area contributed by atoms with E-state index in [0.29, 0.717) is 25.7 Å². The minimum absolute atomic E-state index is 0.337. The molecule has 8 heteroatoms. The highest BCUT2D eigenvalue weighted by atomic mass is 16.7. The lowest BCUT2D eigenvalue weighted by molar-refractivity contribution is -0.209. The zero-order valence-electron chi connectivity index (χ0n) is 11.8. The van der Waals surface area contributed by atoms with E-state index in [2.05, 4.69) is 15.3 Å². The summed E-state index contributed by atoms with van der Waals surface area (Å²) in [5, 5.41) is 11.4. The number of nitrogens with one attached hydrogen (secondary N) is 1. The van der Waals surface area contributed by atoms with E-state index in [1.54, 1.807) is 20.4 Å². The third-order valence-corrected chi connectivity index (χ3v) is 3.36. The van der Waals surface area contributed by atoms with E-state index in [0.717, 1.165) is 5.82 Å². The molecule has 0 fully saturated rings. The summed E-state index contributed by atoms with van der Waals surface area (Å²) in [6.45, 7) is 3.22. The second-order valence-electron chi connectivity index (χ2n) is 4.48. The number of nitrogens with zero attached hydrogens (tertiary/aromatic N) is 5. The number of methoxy groups -OCH3 is 2. The van der Waals surface area contributed by atoms with Gasteiger partial charge in [0.05, 0.1) is 19.8 Å². The van der Waals surface area contributed by atoms with Crippen LogP contribution in [-0.2, 0) is 16.1 Å². The number of hydrogen-bond donors (Lipinski definition) is 1. The Morgan fingerprint density at radius 1 is 1.50 bits per heavy atom. The third-order valence-electron chi connectivity index (χ3n) is 3.36. The molecule has 0 aromatic carbocycles. The fourth-order valence-electron chi connectivity index (χ4n) is 2.08. The first-order valence-corrected chi connectivity index (χ1v) is 6.16. The number of aromatic nitrogens is 2. The second kappa shape index (κ2) is 5.90. The van der Waals surface area contributed by atoms with Crippen LogP contribution in [0, 0.1) is 18.4 Å². The molecule has 0 saturated carbocycles. The molecule has 0 saturated heterocycles. The average Bonchev–Trinajstić information content (AvgIpc) is 2.86. The molecule has 20 heavy (non-hydrogen) atoms. The second-order valence-corrected chi connectivity index (χ2v) is 4.48. The smallest absolute Gasteiger partial charge is 0.209 e. The van der Waals surface area contributed by atoms with Crippen molar-refractivity contribution in [3.05, 3.63) is 18.2 Å². The van der Waals surface area contributed by atoms with Crippen LogP contribution in [0.2, 0.25) is 0 Å². The van der Waals surface area contributed by atoms with Crippen LogP contribution < -0.4 is 5.32 Å². The number of aliphatic imine (C=N–C) groups is 1. The quantitative estimate of drug-likeness (QED) is 0.469. The molecule has 2 heterocycles. The van der Waals surface area contributed by atoms with Crippen molar-refractivity contribution in [3.63, 3.8) is 0 Å². The van der Waals surface area contributed by atoms with Crippen molar-refractivity contribution in [2.75, 3.05) is 27.3 Å². The van der Waals surface area contributed by atoms with E-state index in [4.69, 9.17) is 14.7 Å². The summed E-state index contributed by atoms with van der Waals surface area (Å²) in [6.07, 6.45) is 5.50. The molecule has 0 bridgehead atoms. The van der Waals surface area contributed by atoms with Crippen molar-refractivity contribution >= 4 is 5.96 Å². The van der Waals surface area contributed by atoms with Crippen LogP contribution in [0.3, 0.4) is 0 Å². The maximum atomic E-state index is 8.81. The predicted molar refractivity (Wildman–Crippen MR) is 71.5 cm³/mol. The number of ether oxygens (including phenoxy) is 2. The standard InChI is InChI=1S/C12H18N6O2/c1-10-14-4-5-17(10)9-18-7-12(19-2,20-3)6-15-11(18)16-8-13/h4-5H,6-7,9H2,1-3H3,(H,15,16). The van der Waals surface area contributed by atoms with Gasteiger partial charge in [0.2, 0.25) is 11.7 Å². The normalized spacial score (nSPS) is 17.5. The highest BCUT2D eigenvalue weighted by Crippen LogP contribution is 2.19. The molecule has 8 nitrogen and oxygen atoms in total. The highest BCUT2D eigenvalue weighted by Gasteiger charge is 2.37. The Morgan fingerprint density at radius 3 is 2.80 bits per heavy atom. The number of aryl methyl sites for hydroxylation is 1. The molecule has 0 aliphatic carbocycles. The lowest BCUT2D eigenvalue weighted by Crippen LogP contribution is -2.56. The predicted octanol–water partition coefficient (Wildman–Crippen LogP) is -0.120. The van der Waals surface area contributed by atoms with Gasteiger partial charge < -0.3 is 18.9 Å². The third kappa shape index (κ3) is 2.74. The van der Waals surface area contributed by atoms with Crippen LogP contribution in [-0.4, -0.2) is 53.5 Å². The minimum Gasteiger partial charge on any atom is -0.350 e. The summed E-state index contributed by atoms with van der Waals surface area (Å²) in [7, 11) is 3.17. The summed E-state index contributed by atoms with van der Waals surface area (Å²) in [4.78, 5) is 10.4. The fourth-order valence-corrected chi connectivity index (χ4v) is 2.08. The summed E-state index contributed by atoms with van der Waals surface area (Å²) < 4.78 is 12.8. The van der Waals surface area contributed by atoms with Crippen molar-refractivity contribution in [1.82, 2.24) is 19.8 Å². The van der Waals surface area contributed by atoms with Gasteiger partial charge in [-0.15, -0.1) is 0 Å². The molecule has 2 rings (SSSR count). The van der Waals surface area contributed by atoms with Crippen LogP contribution in [0.5, 0.6) is 0 Å². The van der Waals surface area contributed by atoms with Crippen molar-refractivity contribution in [3.8, 4) is 6.19 Å². The molecule has 108 valence electrons. The van der Waals surface area contributed by atoms with Gasteiger partial charge in [-0.1, -0.05) is 0 Å². The molecule has 0 atom stereocenters. The Balaban J connectivity index is 2.22. The van der Waals surface area contributed by atoms with Gasteiger partial charge in [0.25, 0.3) is 0 Å². The summed E-state index contributed by atoms with van der Waals surface area (Å²) in [5.41, 5.74) is 0. The van der Waals surface area contributed by atoms with E-state index >= 15 is 0 Å².